The van der Waals surface area contributed by atoms with E-state index in [4.69, 9.17) is 9.88 Å². The van der Waals surface area contributed by atoms with Crippen molar-refractivity contribution < 1.29 is 27.9 Å². The van der Waals surface area contributed by atoms with Gasteiger partial charge in [0.15, 0.2) is 6.10 Å². The van der Waals surface area contributed by atoms with Gasteiger partial charge in [-0.15, -0.1) is 0 Å². The molecule has 0 heterocycles. The van der Waals surface area contributed by atoms with E-state index in [-0.39, 0.29) is 21.9 Å². The van der Waals surface area contributed by atoms with Crippen LogP contribution in [0.4, 0.5) is 5.69 Å². The molecule has 9 heteroatoms. The van der Waals surface area contributed by atoms with Crippen LogP contribution in [0.1, 0.15) is 22.8 Å². The minimum Gasteiger partial charge on any atom is -0.507 e. The van der Waals surface area contributed by atoms with Crippen molar-refractivity contribution in [3.63, 3.8) is 0 Å². The van der Waals surface area contributed by atoms with Gasteiger partial charge in [-0.25, -0.2) is 18.4 Å². The van der Waals surface area contributed by atoms with Gasteiger partial charge in [0.25, 0.3) is 5.91 Å². The Morgan fingerprint density at radius 3 is 2.54 bits per heavy atom. The zero-order chi connectivity index (χ0) is 19.5. The van der Waals surface area contributed by atoms with Crippen LogP contribution in [0.25, 0.3) is 0 Å². The Bertz CT molecular complexity index is 955. The van der Waals surface area contributed by atoms with Gasteiger partial charge in [0.2, 0.25) is 10.0 Å². The second-order valence-corrected chi connectivity index (χ2v) is 7.19. The Hall–Kier alpha value is -2.91. The monoisotopic (exact) mass is 378 g/mol. The zero-order valence-electron chi connectivity index (χ0n) is 14.1. The van der Waals surface area contributed by atoms with Gasteiger partial charge >= 0.3 is 5.97 Å². The number of aromatic hydroxyl groups is 1. The van der Waals surface area contributed by atoms with Gasteiger partial charge in [-0.1, -0.05) is 17.7 Å². The van der Waals surface area contributed by atoms with Gasteiger partial charge in [0.05, 0.1) is 4.90 Å². The van der Waals surface area contributed by atoms with Gasteiger partial charge in [-0.2, -0.15) is 0 Å². The van der Waals surface area contributed by atoms with Gasteiger partial charge in [0.1, 0.15) is 11.3 Å². The number of anilines is 1. The number of nitrogens with two attached hydrogens (primary N) is 1. The number of sulfonamides is 1. The third-order valence-electron chi connectivity index (χ3n) is 3.46. The highest BCUT2D eigenvalue weighted by atomic mass is 32.2. The summed E-state index contributed by atoms with van der Waals surface area (Å²) >= 11 is 0. The Morgan fingerprint density at radius 2 is 1.88 bits per heavy atom. The third-order valence-corrected chi connectivity index (χ3v) is 4.37. The van der Waals surface area contributed by atoms with E-state index in [0.29, 0.717) is 0 Å². The van der Waals surface area contributed by atoms with Crippen LogP contribution in [0.2, 0.25) is 0 Å². The number of hydrogen-bond donors (Lipinski definition) is 3. The van der Waals surface area contributed by atoms with E-state index in [1.54, 1.807) is 13.0 Å². The van der Waals surface area contributed by atoms with Crippen LogP contribution in [0.3, 0.4) is 0 Å². The molecule has 0 saturated carbocycles. The Labute approximate surface area is 150 Å². The van der Waals surface area contributed by atoms with Crippen molar-refractivity contribution in [3.05, 3.63) is 53.6 Å². The lowest BCUT2D eigenvalue weighted by atomic mass is 10.1. The molecule has 0 fully saturated rings. The molecule has 4 N–H and O–H groups in total. The number of ether oxygens (including phenoxy) is 1. The Balaban J connectivity index is 2.08. The van der Waals surface area contributed by atoms with Crippen LogP contribution in [0.5, 0.6) is 5.75 Å². The third kappa shape index (κ3) is 4.80. The molecule has 26 heavy (non-hydrogen) atoms. The molecule has 1 amide bonds. The van der Waals surface area contributed by atoms with Crippen molar-refractivity contribution in [2.24, 2.45) is 5.14 Å². The van der Waals surface area contributed by atoms with Gasteiger partial charge in [-0.3, -0.25) is 4.79 Å². The summed E-state index contributed by atoms with van der Waals surface area (Å²) in [6.07, 6.45) is -1.18. The molecule has 1 atom stereocenters. The zero-order valence-corrected chi connectivity index (χ0v) is 14.9. The molecule has 2 rings (SSSR count). The molecule has 1 unspecified atom stereocenters. The van der Waals surface area contributed by atoms with Gasteiger partial charge < -0.3 is 15.2 Å². The number of benzene rings is 2. The summed E-state index contributed by atoms with van der Waals surface area (Å²) in [6, 6.07) is 9.78. The highest BCUT2D eigenvalue weighted by Crippen LogP contribution is 2.20. The Morgan fingerprint density at radius 1 is 1.19 bits per heavy atom. The molecule has 0 aromatic heterocycles. The second kappa shape index (κ2) is 7.54. The van der Waals surface area contributed by atoms with Gasteiger partial charge in [-0.05, 0) is 44.2 Å². The van der Waals surface area contributed by atoms with Crippen molar-refractivity contribution in [2.45, 2.75) is 24.8 Å². The van der Waals surface area contributed by atoms with Crippen LogP contribution in [-0.2, 0) is 19.6 Å². The summed E-state index contributed by atoms with van der Waals surface area (Å²) in [5.74, 6) is -1.78. The quantitative estimate of drug-likeness (QED) is 0.675. The first-order valence-corrected chi connectivity index (χ1v) is 9.07. The fraction of sp³-hybridized carbons (Fsp3) is 0.176. The van der Waals surface area contributed by atoms with Crippen molar-refractivity contribution in [1.29, 1.82) is 0 Å². The van der Waals surface area contributed by atoms with Crippen LogP contribution in [-0.4, -0.2) is 31.5 Å². The van der Waals surface area contributed by atoms with E-state index in [9.17, 15) is 23.1 Å². The summed E-state index contributed by atoms with van der Waals surface area (Å²) in [7, 11) is -3.91. The molecular weight excluding hydrogens is 360 g/mol. The number of primary sulfonamides is 1. The average Bonchev–Trinajstić information content (AvgIpc) is 2.56. The maximum Gasteiger partial charge on any atom is 0.342 e. The van der Waals surface area contributed by atoms with E-state index < -0.39 is 28.0 Å². The maximum atomic E-state index is 12.2. The van der Waals surface area contributed by atoms with Crippen molar-refractivity contribution >= 4 is 27.6 Å². The van der Waals surface area contributed by atoms with E-state index >= 15 is 0 Å². The minimum atomic E-state index is -3.91. The molecule has 0 aliphatic rings. The fourth-order valence-electron chi connectivity index (χ4n) is 2.09. The van der Waals surface area contributed by atoms with Crippen molar-refractivity contribution in [2.75, 3.05) is 5.32 Å². The molecule has 0 aliphatic heterocycles. The molecule has 138 valence electrons. The van der Waals surface area contributed by atoms with E-state index in [2.05, 4.69) is 5.32 Å². The molecule has 2 aromatic rings. The van der Waals surface area contributed by atoms with Crippen LogP contribution in [0.15, 0.2) is 47.4 Å². The number of esters is 1. The molecule has 0 bridgehead atoms. The second-order valence-electron chi connectivity index (χ2n) is 5.63. The molecular formula is C17H18N2O6S. The maximum absolute atomic E-state index is 12.2. The lowest BCUT2D eigenvalue weighted by Crippen LogP contribution is -2.30. The number of phenolic OH excluding ortho intramolecular Hbond substituents is 1. The van der Waals surface area contributed by atoms with Gasteiger partial charge in [0, 0.05) is 5.69 Å². The van der Waals surface area contributed by atoms with Crippen LogP contribution < -0.4 is 10.5 Å². The normalized spacial score (nSPS) is 12.3. The molecule has 0 radical (unpaired) electrons. The molecule has 2 aromatic carbocycles. The van der Waals surface area contributed by atoms with Crippen molar-refractivity contribution in [1.82, 2.24) is 0 Å². The Kier molecular flexibility index (Phi) is 5.63. The topological polar surface area (TPSA) is 136 Å². The SMILES string of the molecule is Cc1ccc(O)c(C(=O)OC(C)C(=O)Nc2cccc(S(N)(=O)=O)c2)c1. The first-order chi connectivity index (χ1) is 12.1. The number of rotatable bonds is 5. The highest BCUT2D eigenvalue weighted by Gasteiger charge is 2.21. The summed E-state index contributed by atoms with van der Waals surface area (Å²) in [5.41, 5.74) is 0.871. The summed E-state index contributed by atoms with van der Waals surface area (Å²) in [6.45, 7) is 3.09. The van der Waals surface area contributed by atoms with E-state index in [1.165, 1.54) is 43.3 Å². The fourth-order valence-corrected chi connectivity index (χ4v) is 2.65. The van der Waals surface area contributed by atoms with E-state index in [0.717, 1.165) is 5.56 Å². The minimum absolute atomic E-state index is 0.0547. The lowest BCUT2D eigenvalue weighted by molar-refractivity contribution is -0.123. The number of carbonyl (C=O) groups excluding carboxylic acids is 2. The van der Waals surface area contributed by atoms with Crippen molar-refractivity contribution in [3.8, 4) is 5.75 Å². The number of carbonyl (C=O) groups is 2. The summed E-state index contributed by atoms with van der Waals surface area (Å²) < 4.78 is 27.7. The predicted molar refractivity (Wildman–Crippen MR) is 94.2 cm³/mol. The molecule has 0 saturated heterocycles. The first kappa shape index (κ1) is 19.4. The lowest BCUT2D eigenvalue weighted by Gasteiger charge is -2.14. The largest absolute Gasteiger partial charge is 0.507 e. The highest BCUT2D eigenvalue weighted by molar-refractivity contribution is 7.89. The number of phenols is 1. The number of hydrogen-bond acceptors (Lipinski definition) is 6. The average molecular weight is 378 g/mol. The molecule has 0 spiro atoms. The summed E-state index contributed by atoms with van der Waals surface area (Å²) in [5, 5.41) is 17.2. The smallest absolute Gasteiger partial charge is 0.342 e. The predicted octanol–water partition coefficient (Wildman–Crippen LogP) is 1.53. The first-order valence-electron chi connectivity index (χ1n) is 7.52. The standard InChI is InChI=1S/C17H18N2O6S/c1-10-6-7-15(20)14(8-10)17(22)25-11(2)16(21)19-12-4-3-5-13(9-12)26(18,23)24/h3-9,11,20H,1-2H3,(H,19,21)(H2,18,23,24). The van der Waals surface area contributed by atoms with Crippen LogP contribution in [0, 0.1) is 6.92 Å². The van der Waals surface area contributed by atoms with Crippen LogP contribution >= 0.6 is 0 Å². The number of amides is 1. The molecule has 8 nitrogen and oxygen atoms in total. The van der Waals surface area contributed by atoms with E-state index in [1.807, 2.05) is 0 Å². The number of aryl methyl sites for hydroxylation is 1. The number of nitrogens with one attached hydrogen (secondary N) is 1. The summed E-state index contributed by atoms with van der Waals surface area (Å²) in [4.78, 5) is 24.1. The molecule has 0 aliphatic carbocycles.